The fourth-order valence-electron chi connectivity index (χ4n) is 2.84. The smallest absolute Gasteiger partial charge is 0.255 e. The molecular formula is C20H22N2O3. The van der Waals surface area contributed by atoms with Crippen molar-refractivity contribution in [2.45, 2.75) is 26.3 Å². The van der Waals surface area contributed by atoms with Gasteiger partial charge in [-0.25, -0.2) is 0 Å². The highest BCUT2D eigenvalue weighted by atomic mass is 16.5. The first kappa shape index (κ1) is 17.0. The van der Waals surface area contributed by atoms with Crippen molar-refractivity contribution >= 4 is 17.5 Å². The number of hydrogen-bond donors (Lipinski definition) is 2. The highest BCUT2D eigenvalue weighted by molar-refractivity contribution is 6.04. The third-order valence-electron chi connectivity index (χ3n) is 4.06. The van der Waals surface area contributed by atoms with Gasteiger partial charge < -0.3 is 15.4 Å². The molecule has 0 aliphatic carbocycles. The van der Waals surface area contributed by atoms with Gasteiger partial charge in [0.1, 0.15) is 12.4 Å². The zero-order chi connectivity index (χ0) is 17.8. The Bertz CT molecular complexity index is 772. The van der Waals surface area contributed by atoms with E-state index in [2.05, 4.69) is 10.6 Å². The van der Waals surface area contributed by atoms with Crippen LogP contribution < -0.4 is 15.4 Å². The molecule has 1 aliphatic heterocycles. The molecular weight excluding hydrogens is 316 g/mol. The van der Waals surface area contributed by atoms with Crippen LogP contribution in [0.5, 0.6) is 5.75 Å². The molecule has 1 aliphatic rings. The molecule has 0 saturated carbocycles. The van der Waals surface area contributed by atoms with Gasteiger partial charge in [0.2, 0.25) is 5.91 Å². The molecule has 5 heteroatoms. The first-order valence-corrected chi connectivity index (χ1v) is 8.45. The van der Waals surface area contributed by atoms with Gasteiger partial charge in [0.15, 0.2) is 0 Å². The molecule has 1 unspecified atom stereocenters. The van der Waals surface area contributed by atoms with E-state index in [4.69, 9.17) is 4.74 Å². The second kappa shape index (κ2) is 7.38. The molecule has 0 bridgehead atoms. The molecule has 2 amide bonds. The van der Waals surface area contributed by atoms with Crippen LogP contribution >= 0.6 is 0 Å². The van der Waals surface area contributed by atoms with Crippen LogP contribution in [0, 0.1) is 5.92 Å². The second-order valence-corrected chi connectivity index (χ2v) is 6.52. The van der Waals surface area contributed by atoms with E-state index in [1.807, 2.05) is 50.2 Å². The molecule has 1 heterocycles. The number of anilines is 1. The number of fused-ring (bicyclic) bond motifs is 1. The lowest BCUT2D eigenvalue weighted by atomic mass is 9.95. The van der Waals surface area contributed by atoms with Crippen LogP contribution in [-0.4, -0.2) is 24.5 Å². The Hall–Kier alpha value is -2.82. The summed E-state index contributed by atoms with van der Waals surface area (Å²) in [6.07, 6.45) is 0.600. The van der Waals surface area contributed by atoms with Crippen molar-refractivity contribution in [1.29, 1.82) is 0 Å². The molecule has 2 aromatic carbocycles. The highest BCUT2D eigenvalue weighted by Gasteiger charge is 2.26. The molecule has 2 aromatic rings. The zero-order valence-electron chi connectivity index (χ0n) is 14.4. The SMILES string of the molecule is CC(C)NC(=O)C1COc2ccc(NC(=O)c3ccccc3)cc2C1. The summed E-state index contributed by atoms with van der Waals surface area (Å²) < 4.78 is 5.71. The molecule has 0 spiro atoms. The molecule has 0 aromatic heterocycles. The molecule has 130 valence electrons. The van der Waals surface area contributed by atoms with Gasteiger partial charge in [-0.2, -0.15) is 0 Å². The maximum atomic E-state index is 12.3. The summed E-state index contributed by atoms with van der Waals surface area (Å²) in [7, 11) is 0. The van der Waals surface area contributed by atoms with Gasteiger partial charge in [0.25, 0.3) is 5.91 Å². The Kier molecular flexibility index (Phi) is 5.03. The van der Waals surface area contributed by atoms with E-state index in [-0.39, 0.29) is 23.8 Å². The Balaban J connectivity index is 1.71. The van der Waals surface area contributed by atoms with E-state index in [9.17, 15) is 9.59 Å². The minimum absolute atomic E-state index is 0.000579. The Morgan fingerprint density at radius 2 is 1.88 bits per heavy atom. The Morgan fingerprint density at radius 3 is 2.60 bits per heavy atom. The van der Waals surface area contributed by atoms with Gasteiger partial charge >= 0.3 is 0 Å². The number of rotatable bonds is 4. The van der Waals surface area contributed by atoms with Crippen LogP contribution in [0.15, 0.2) is 48.5 Å². The number of amides is 2. The van der Waals surface area contributed by atoms with Crippen molar-refractivity contribution in [2.24, 2.45) is 5.92 Å². The monoisotopic (exact) mass is 338 g/mol. The molecule has 0 radical (unpaired) electrons. The lowest BCUT2D eigenvalue weighted by Crippen LogP contribution is -2.40. The summed E-state index contributed by atoms with van der Waals surface area (Å²) in [6.45, 7) is 4.25. The number of carbonyl (C=O) groups excluding carboxylic acids is 2. The molecule has 5 nitrogen and oxygen atoms in total. The number of nitrogens with one attached hydrogen (secondary N) is 2. The lowest BCUT2D eigenvalue weighted by Gasteiger charge is -2.26. The van der Waals surface area contributed by atoms with Crippen LogP contribution in [0.25, 0.3) is 0 Å². The van der Waals surface area contributed by atoms with Crippen LogP contribution in [0.4, 0.5) is 5.69 Å². The predicted molar refractivity (Wildman–Crippen MR) is 96.8 cm³/mol. The van der Waals surface area contributed by atoms with Crippen molar-refractivity contribution in [1.82, 2.24) is 5.32 Å². The first-order valence-electron chi connectivity index (χ1n) is 8.45. The predicted octanol–water partition coefficient (Wildman–Crippen LogP) is 3.01. The fourth-order valence-corrected chi connectivity index (χ4v) is 2.84. The van der Waals surface area contributed by atoms with Gasteiger partial charge in [-0.15, -0.1) is 0 Å². The van der Waals surface area contributed by atoms with Crippen LogP contribution in [-0.2, 0) is 11.2 Å². The van der Waals surface area contributed by atoms with Crippen molar-refractivity contribution in [3.63, 3.8) is 0 Å². The maximum Gasteiger partial charge on any atom is 0.255 e. The van der Waals surface area contributed by atoms with E-state index >= 15 is 0 Å². The van der Waals surface area contributed by atoms with Crippen LogP contribution in [0.2, 0.25) is 0 Å². The minimum Gasteiger partial charge on any atom is -0.492 e. The van der Waals surface area contributed by atoms with E-state index < -0.39 is 0 Å². The Morgan fingerprint density at radius 1 is 1.12 bits per heavy atom. The summed E-state index contributed by atoms with van der Waals surface area (Å²) in [5.41, 5.74) is 2.23. The molecule has 3 rings (SSSR count). The van der Waals surface area contributed by atoms with E-state index in [0.717, 1.165) is 11.3 Å². The van der Waals surface area contributed by atoms with Gasteiger partial charge in [-0.3, -0.25) is 9.59 Å². The highest BCUT2D eigenvalue weighted by Crippen LogP contribution is 2.30. The van der Waals surface area contributed by atoms with E-state index in [0.29, 0.717) is 24.3 Å². The molecule has 0 saturated heterocycles. The average molecular weight is 338 g/mol. The summed E-state index contributed by atoms with van der Waals surface area (Å²) in [4.78, 5) is 24.5. The number of ether oxygens (including phenoxy) is 1. The van der Waals surface area contributed by atoms with E-state index in [1.165, 1.54) is 0 Å². The molecule has 1 atom stereocenters. The zero-order valence-corrected chi connectivity index (χ0v) is 14.4. The summed E-state index contributed by atoms with van der Waals surface area (Å²) in [5.74, 6) is 0.395. The van der Waals surface area contributed by atoms with Crippen molar-refractivity contribution in [3.05, 3.63) is 59.7 Å². The third kappa shape index (κ3) is 4.18. The quantitative estimate of drug-likeness (QED) is 0.900. The van der Waals surface area contributed by atoms with Crippen molar-refractivity contribution in [2.75, 3.05) is 11.9 Å². The van der Waals surface area contributed by atoms with Gasteiger partial charge in [0.05, 0.1) is 5.92 Å². The van der Waals surface area contributed by atoms with Crippen molar-refractivity contribution in [3.8, 4) is 5.75 Å². The number of carbonyl (C=O) groups is 2. The second-order valence-electron chi connectivity index (χ2n) is 6.52. The third-order valence-corrected chi connectivity index (χ3v) is 4.06. The van der Waals surface area contributed by atoms with Crippen LogP contribution in [0.3, 0.4) is 0 Å². The molecule has 25 heavy (non-hydrogen) atoms. The topological polar surface area (TPSA) is 67.4 Å². The molecule has 0 fully saturated rings. The number of hydrogen-bond acceptors (Lipinski definition) is 3. The summed E-state index contributed by atoms with van der Waals surface area (Å²) >= 11 is 0. The maximum absolute atomic E-state index is 12.3. The molecule has 2 N–H and O–H groups in total. The lowest BCUT2D eigenvalue weighted by molar-refractivity contribution is -0.126. The first-order chi connectivity index (χ1) is 12.0. The van der Waals surface area contributed by atoms with Gasteiger partial charge in [-0.05, 0) is 56.2 Å². The largest absolute Gasteiger partial charge is 0.492 e. The number of benzene rings is 2. The average Bonchev–Trinajstić information content (AvgIpc) is 2.61. The van der Waals surface area contributed by atoms with Gasteiger partial charge in [0, 0.05) is 17.3 Å². The van der Waals surface area contributed by atoms with E-state index in [1.54, 1.807) is 12.1 Å². The summed E-state index contributed by atoms with van der Waals surface area (Å²) in [5, 5.41) is 5.81. The van der Waals surface area contributed by atoms with Gasteiger partial charge in [-0.1, -0.05) is 18.2 Å². The minimum atomic E-state index is -0.213. The standard InChI is InChI=1S/C20H22N2O3/c1-13(2)21-20(24)16-10-15-11-17(8-9-18(15)25-12-16)22-19(23)14-6-4-3-5-7-14/h3-9,11,13,16H,10,12H2,1-2H3,(H,21,24)(H,22,23). The van der Waals surface area contributed by atoms with Crippen LogP contribution in [0.1, 0.15) is 29.8 Å². The fraction of sp³-hybridized carbons (Fsp3) is 0.300. The normalized spacial score (nSPS) is 15.9. The summed E-state index contributed by atoms with van der Waals surface area (Å²) in [6, 6.07) is 14.7. The van der Waals surface area contributed by atoms with Crippen molar-refractivity contribution < 1.29 is 14.3 Å². The Labute approximate surface area is 147 Å².